The molecule has 0 aliphatic rings. The van der Waals surface area contributed by atoms with Crippen molar-refractivity contribution >= 4 is 0 Å². The highest BCUT2D eigenvalue weighted by atomic mass is 16.3. The van der Waals surface area contributed by atoms with Crippen molar-refractivity contribution in [3.63, 3.8) is 0 Å². The van der Waals surface area contributed by atoms with Crippen LogP contribution < -0.4 is 0 Å². The fraction of sp³-hybridized carbons (Fsp3) is 0.200. The average molecular weight is 423 g/mol. The second-order valence-corrected chi connectivity index (χ2v) is 9.29. The zero-order valence-corrected chi connectivity index (χ0v) is 19.1. The van der Waals surface area contributed by atoms with E-state index in [2.05, 4.69) is 76.2 Å². The van der Waals surface area contributed by atoms with E-state index in [4.69, 9.17) is 0 Å². The number of aryl methyl sites for hydroxylation is 1. The van der Waals surface area contributed by atoms with E-state index >= 15 is 0 Å². The number of benzene rings is 4. The van der Waals surface area contributed by atoms with Crippen molar-refractivity contribution in [2.45, 2.75) is 38.5 Å². The van der Waals surface area contributed by atoms with E-state index in [1.165, 1.54) is 16.7 Å². The molecular formula is C30H30O2. The van der Waals surface area contributed by atoms with Gasteiger partial charge in [-0.3, -0.25) is 0 Å². The van der Waals surface area contributed by atoms with Crippen LogP contribution in [0.3, 0.4) is 0 Å². The van der Waals surface area contributed by atoms with Crippen LogP contribution in [-0.4, -0.2) is 10.2 Å². The fourth-order valence-corrected chi connectivity index (χ4v) is 4.45. The summed E-state index contributed by atoms with van der Waals surface area (Å²) in [5.74, 6) is 0.494. The first-order chi connectivity index (χ1) is 15.2. The van der Waals surface area contributed by atoms with Crippen molar-refractivity contribution < 1.29 is 10.2 Å². The van der Waals surface area contributed by atoms with Gasteiger partial charge in [0.25, 0.3) is 0 Å². The minimum atomic E-state index is -0.437. The highest BCUT2D eigenvalue weighted by Crippen LogP contribution is 2.41. The summed E-state index contributed by atoms with van der Waals surface area (Å²) < 4.78 is 0. The van der Waals surface area contributed by atoms with Crippen LogP contribution in [0, 0.1) is 6.92 Å². The third-order valence-corrected chi connectivity index (χ3v) is 6.85. The van der Waals surface area contributed by atoms with Gasteiger partial charge in [0.05, 0.1) is 0 Å². The summed E-state index contributed by atoms with van der Waals surface area (Å²) in [5, 5.41) is 19.6. The lowest BCUT2D eigenvalue weighted by Crippen LogP contribution is -2.26. The smallest absolute Gasteiger partial charge is 0.115 e. The quantitative estimate of drug-likeness (QED) is 0.337. The first kappa shape index (κ1) is 21.7. The predicted molar refractivity (Wildman–Crippen MR) is 132 cm³/mol. The van der Waals surface area contributed by atoms with E-state index in [0.717, 1.165) is 16.7 Å². The van der Waals surface area contributed by atoms with Crippen LogP contribution in [0.2, 0.25) is 0 Å². The SMILES string of the molecule is Cc1ccc(C(C)(C)c2ccc(C(C)(c3ccc(O)cc3)c3ccc(O)cc3)cc2)cc1. The van der Waals surface area contributed by atoms with E-state index in [1.807, 2.05) is 24.3 Å². The Morgan fingerprint density at radius 2 is 0.719 bits per heavy atom. The Morgan fingerprint density at radius 3 is 1.09 bits per heavy atom. The number of hydrogen-bond acceptors (Lipinski definition) is 2. The zero-order valence-electron chi connectivity index (χ0n) is 19.1. The molecule has 2 nitrogen and oxygen atoms in total. The summed E-state index contributed by atoms with van der Waals surface area (Å²) in [6.07, 6.45) is 0. The Hall–Kier alpha value is -3.52. The maximum atomic E-state index is 9.82. The largest absolute Gasteiger partial charge is 0.508 e. The van der Waals surface area contributed by atoms with Gasteiger partial charge in [-0.1, -0.05) is 92.2 Å². The molecule has 0 heterocycles. The maximum Gasteiger partial charge on any atom is 0.115 e. The van der Waals surface area contributed by atoms with E-state index in [9.17, 15) is 10.2 Å². The minimum Gasteiger partial charge on any atom is -0.508 e. The van der Waals surface area contributed by atoms with Crippen LogP contribution in [-0.2, 0) is 10.8 Å². The zero-order chi connectivity index (χ0) is 22.9. The van der Waals surface area contributed by atoms with Gasteiger partial charge in [-0.25, -0.2) is 0 Å². The monoisotopic (exact) mass is 422 g/mol. The van der Waals surface area contributed by atoms with E-state index in [0.29, 0.717) is 0 Å². The van der Waals surface area contributed by atoms with Gasteiger partial charge in [0, 0.05) is 10.8 Å². The molecular weight excluding hydrogens is 392 g/mol. The first-order valence-electron chi connectivity index (χ1n) is 11.0. The van der Waals surface area contributed by atoms with E-state index in [1.54, 1.807) is 24.3 Å². The molecule has 4 aromatic carbocycles. The lowest BCUT2D eigenvalue weighted by molar-refractivity contribution is 0.474. The number of phenols is 2. The second-order valence-electron chi connectivity index (χ2n) is 9.29. The van der Waals surface area contributed by atoms with Crippen LogP contribution in [0.25, 0.3) is 0 Å². The molecule has 0 saturated heterocycles. The topological polar surface area (TPSA) is 40.5 Å². The molecule has 0 unspecified atom stereocenters. The van der Waals surface area contributed by atoms with Crippen molar-refractivity contribution in [2.75, 3.05) is 0 Å². The molecule has 0 aromatic heterocycles. The molecule has 0 aliphatic heterocycles. The Morgan fingerprint density at radius 1 is 0.438 bits per heavy atom. The van der Waals surface area contributed by atoms with Gasteiger partial charge in [-0.15, -0.1) is 0 Å². The summed E-state index contributed by atoms with van der Waals surface area (Å²) >= 11 is 0. The van der Waals surface area contributed by atoms with E-state index in [-0.39, 0.29) is 16.9 Å². The van der Waals surface area contributed by atoms with Crippen molar-refractivity contribution in [3.05, 3.63) is 130 Å². The standard InChI is InChI=1S/C30H30O2/c1-21-5-7-22(8-6-21)29(2,3)23-9-11-24(12-10-23)30(4,25-13-17-27(31)18-14-25)26-15-19-28(32)20-16-26/h5-20,31-32H,1-4H3. The summed E-state index contributed by atoms with van der Waals surface area (Å²) in [5.41, 5.74) is 6.56. The Kier molecular flexibility index (Phi) is 5.56. The van der Waals surface area contributed by atoms with E-state index < -0.39 is 5.41 Å². The van der Waals surface area contributed by atoms with Crippen LogP contribution in [0.5, 0.6) is 11.5 Å². The van der Waals surface area contributed by atoms with Crippen molar-refractivity contribution in [3.8, 4) is 11.5 Å². The van der Waals surface area contributed by atoms with Crippen molar-refractivity contribution in [1.29, 1.82) is 0 Å². The third kappa shape index (κ3) is 3.89. The number of aromatic hydroxyl groups is 2. The second kappa shape index (κ2) is 8.20. The Labute approximate surface area is 190 Å². The number of rotatable bonds is 5. The molecule has 0 atom stereocenters. The highest BCUT2D eigenvalue weighted by molar-refractivity contribution is 5.52. The molecule has 0 bridgehead atoms. The van der Waals surface area contributed by atoms with Crippen LogP contribution in [0.1, 0.15) is 54.2 Å². The van der Waals surface area contributed by atoms with Gasteiger partial charge in [0.2, 0.25) is 0 Å². The highest BCUT2D eigenvalue weighted by Gasteiger charge is 2.32. The minimum absolute atomic E-state index is 0.111. The molecule has 0 amide bonds. The molecule has 0 aliphatic carbocycles. The van der Waals surface area contributed by atoms with Crippen LogP contribution in [0.15, 0.2) is 97.1 Å². The molecule has 32 heavy (non-hydrogen) atoms. The number of phenolic OH excluding ortho intramolecular Hbond substituents is 2. The summed E-state index contributed by atoms with van der Waals surface area (Å²) in [6.45, 7) is 8.81. The molecule has 162 valence electrons. The van der Waals surface area contributed by atoms with Crippen molar-refractivity contribution in [1.82, 2.24) is 0 Å². The number of hydrogen-bond donors (Lipinski definition) is 2. The molecule has 0 saturated carbocycles. The Balaban J connectivity index is 1.79. The van der Waals surface area contributed by atoms with Crippen molar-refractivity contribution in [2.24, 2.45) is 0 Å². The van der Waals surface area contributed by atoms with Gasteiger partial charge in [0.15, 0.2) is 0 Å². The van der Waals surface area contributed by atoms with Gasteiger partial charge in [0.1, 0.15) is 11.5 Å². The van der Waals surface area contributed by atoms with Gasteiger partial charge < -0.3 is 10.2 Å². The molecule has 0 spiro atoms. The normalized spacial score (nSPS) is 12.0. The van der Waals surface area contributed by atoms with Gasteiger partial charge in [-0.05, 0) is 65.9 Å². The fourth-order valence-electron chi connectivity index (χ4n) is 4.45. The molecule has 2 N–H and O–H groups in total. The molecule has 2 heteroatoms. The third-order valence-electron chi connectivity index (χ3n) is 6.85. The van der Waals surface area contributed by atoms with Crippen LogP contribution >= 0.6 is 0 Å². The summed E-state index contributed by atoms with van der Waals surface area (Å²) in [6, 6.07) is 32.3. The lowest BCUT2D eigenvalue weighted by atomic mass is 9.70. The Bertz CT molecular complexity index is 1140. The molecule has 0 radical (unpaired) electrons. The van der Waals surface area contributed by atoms with Gasteiger partial charge >= 0.3 is 0 Å². The van der Waals surface area contributed by atoms with Crippen LogP contribution in [0.4, 0.5) is 0 Å². The van der Waals surface area contributed by atoms with Gasteiger partial charge in [-0.2, -0.15) is 0 Å². The lowest BCUT2D eigenvalue weighted by Gasteiger charge is -2.33. The average Bonchev–Trinajstić information content (AvgIpc) is 2.80. The first-order valence-corrected chi connectivity index (χ1v) is 11.0. The summed E-state index contributed by atoms with van der Waals surface area (Å²) in [4.78, 5) is 0. The maximum absolute atomic E-state index is 9.82. The molecule has 0 fully saturated rings. The molecule has 4 rings (SSSR count). The predicted octanol–water partition coefficient (Wildman–Crippen LogP) is 7.09. The summed E-state index contributed by atoms with van der Waals surface area (Å²) in [7, 11) is 0. The molecule has 4 aromatic rings.